The molecule has 1 heterocycles. The maximum atomic E-state index is 12.0. The van der Waals surface area contributed by atoms with Crippen molar-refractivity contribution in [2.24, 2.45) is 0 Å². The van der Waals surface area contributed by atoms with Gasteiger partial charge in [-0.05, 0) is 25.0 Å². The fourth-order valence-electron chi connectivity index (χ4n) is 2.79. The zero-order valence-electron chi connectivity index (χ0n) is 14.7. The van der Waals surface area contributed by atoms with Gasteiger partial charge in [0.1, 0.15) is 0 Å². The largest absolute Gasteiger partial charge is 0.481 e. The highest BCUT2D eigenvalue weighted by atomic mass is 32.2. The molecule has 1 rings (SSSR count). The Morgan fingerprint density at radius 1 is 1.38 bits per heavy atom. The summed E-state index contributed by atoms with van der Waals surface area (Å²) in [5.74, 6) is 1.06. The van der Waals surface area contributed by atoms with Crippen molar-refractivity contribution in [1.82, 2.24) is 4.90 Å². The number of rotatable bonds is 13. The number of thioether (sulfide) groups is 1. The molecule has 0 aromatic rings. The lowest BCUT2D eigenvalue weighted by Gasteiger charge is -2.22. The second-order valence-corrected chi connectivity index (χ2v) is 7.48. The van der Waals surface area contributed by atoms with Gasteiger partial charge in [0.05, 0.1) is 12.1 Å². The number of hydrogen-bond acceptors (Lipinski definition) is 4. The van der Waals surface area contributed by atoms with Gasteiger partial charge < -0.3 is 15.1 Å². The molecular weight excluding hydrogens is 326 g/mol. The highest BCUT2D eigenvalue weighted by molar-refractivity contribution is 7.99. The number of nitrogens with zero attached hydrogens (tertiary/aromatic N) is 1. The number of aliphatic carboxylic acids is 1. The molecule has 1 aliphatic heterocycles. The number of unbranched alkanes of at least 4 members (excludes halogenated alkanes) is 2. The van der Waals surface area contributed by atoms with Crippen molar-refractivity contribution in [3.8, 4) is 0 Å². The second kappa shape index (κ2) is 12.4. The maximum Gasteiger partial charge on any atom is 0.303 e. The van der Waals surface area contributed by atoms with Crippen LogP contribution in [-0.2, 0) is 9.59 Å². The molecule has 0 aromatic heterocycles. The fraction of sp³-hybridized carbons (Fsp3) is 0.778. The zero-order chi connectivity index (χ0) is 17.8. The van der Waals surface area contributed by atoms with Gasteiger partial charge in [0, 0.05) is 25.1 Å². The van der Waals surface area contributed by atoms with E-state index in [4.69, 9.17) is 5.11 Å². The van der Waals surface area contributed by atoms with E-state index in [0.717, 1.165) is 43.6 Å². The molecule has 0 aliphatic carbocycles. The van der Waals surface area contributed by atoms with Crippen LogP contribution in [0.25, 0.3) is 0 Å². The molecular formula is C18H31NO4S. The molecule has 0 bridgehead atoms. The summed E-state index contributed by atoms with van der Waals surface area (Å²) < 4.78 is 0. The van der Waals surface area contributed by atoms with Crippen molar-refractivity contribution >= 4 is 23.6 Å². The summed E-state index contributed by atoms with van der Waals surface area (Å²) in [5, 5.41) is 18.6. The number of likely N-dealkylation sites (tertiary alicyclic amines) is 1. The number of amides is 1. The summed E-state index contributed by atoms with van der Waals surface area (Å²) in [7, 11) is 0. The van der Waals surface area contributed by atoms with Crippen molar-refractivity contribution in [1.29, 1.82) is 0 Å². The molecule has 0 radical (unpaired) electrons. The maximum absolute atomic E-state index is 12.0. The summed E-state index contributed by atoms with van der Waals surface area (Å²) in [6, 6.07) is 0.0953. The van der Waals surface area contributed by atoms with Crippen LogP contribution >= 0.6 is 11.8 Å². The van der Waals surface area contributed by atoms with E-state index in [1.807, 2.05) is 17.1 Å². The SMILES string of the molecule is CCCCCC(O)C=C[C@H]1CCC(=O)N1CCSCCCC(=O)O. The molecule has 5 nitrogen and oxygen atoms in total. The van der Waals surface area contributed by atoms with E-state index in [-0.39, 0.29) is 18.4 Å². The van der Waals surface area contributed by atoms with Gasteiger partial charge in [-0.3, -0.25) is 9.59 Å². The average Bonchev–Trinajstić information content (AvgIpc) is 2.89. The van der Waals surface area contributed by atoms with E-state index in [9.17, 15) is 14.7 Å². The van der Waals surface area contributed by atoms with Crippen LogP contribution < -0.4 is 0 Å². The third-order valence-corrected chi connectivity index (χ3v) is 5.24. The lowest BCUT2D eigenvalue weighted by Crippen LogP contribution is -2.34. The standard InChI is InChI=1S/C18H31NO4S/c1-2-3-4-6-16(20)10-8-15-9-11-17(21)19(15)12-14-24-13-5-7-18(22)23/h8,10,15-16,20H,2-7,9,11-14H2,1H3,(H,22,23)/t15-,16?/m0/s1. The van der Waals surface area contributed by atoms with E-state index in [1.165, 1.54) is 0 Å². The average molecular weight is 358 g/mol. The minimum atomic E-state index is -0.756. The topological polar surface area (TPSA) is 77.8 Å². The number of carboxylic acids is 1. The van der Waals surface area contributed by atoms with Gasteiger partial charge in [0.25, 0.3) is 0 Å². The quantitative estimate of drug-likeness (QED) is 0.391. The molecule has 1 fully saturated rings. The molecule has 2 atom stereocenters. The Hall–Kier alpha value is -1.01. The first-order chi connectivity index (χ1) is 11.5. The minimum absolute atomic E-state index is 0.0953. The molecule has 6 heteroatoms. The van der Waals surface area contributed by atoms with E-state index in [1.54, 1.807) is 11.8 Å². The van der Waals surface area contributed by atoms with Crippen LogP contribution in [0.1, 0.15) is 58.3 Å². The van der Waals surface area contributed by atoms with Crippen LogP contribution in [0.15, 0.2) is 12.2 Å². The van der Waals surface area contributed by atoms with E-state index in [0.29, 0.717) is 19.4 Å². The summed E-state index contributed by atoms with van der Waals surface area (Å²) in [6.45, 7) is 2.83. The van der Waals surface area contributed by atoms with Gasteiger partial charge in [-0.25, -0.2) is 0 Å². The first kappa shape index (κ1) is 21.0. The number of hydrogen-bond donors (Lipinski definition) is 2. The van der Waals surface area contributed by atoms with E-state index in [2.05, 4.69) is 6.92 Å². The Bertz CT molecular complexity index is 414. The lowest BCUT2D eigenvalue weighted by molar-refractivity contribution is -0.137. The summed E-state index contributed by atoms with van der Waals surface area (Å²) in [4.78, 5) is 24.3. The fourth-order valence-corrected chi connectivity index (χ4v) is 3.67. The number of carbonyl (C=O) groups is 2. The molecule has 0 aromatic carbocycles. The first-order valence-corrected chi connectivity index (χ1v) is 10.2. The zero-order valence-corrected chi connectivity index (χ0v) is 15.5. The van der Waals surface area contributed by atoms with Crippen molar-refractivity contribution in [2.45, 2.75) is 70.4 Å². The van der Waals surface area contributed by atoms with Gasteiger partial charge >= 0.3 is 5.97 Å². The highest BCUT2D eigenvalue weighted by Crippen LogP contribution is 2.21. The minimum Gasteiger partial charge on any atom is -0.481 e. The van der Waals surface area contributed by atoms with E-state index < -0.39 is 12.1 Å². The predicted octanol–water partition coefficient (Wildman–Crippen LogP) is 3.07. The Balaban J connectivity index is 2.28. The number of carboxylic acid groups (broad SMARTS) is 1. The second-order valence-electron chi connectivity index (χ2n) is 6.25. The molecule has 2 N–H and O–H groups in total. The van der Waals surface area contributed by atoms with Gasteiger partial charge in [0.2, 0.25) is 5.91 Å². The van der Waals surface area contributed by atoms with Crippen LogP contribution in [0.5, 0.6) is 0 Å². The summed E-state index contributed by atoms with van der Waals surface area (Å²) >= 11 is 1.69. The molecule has 1 unspecified atom stereocenters. The Labute approximate surface area is 149 Å². The predicted molar refractivity (Wildman–Crippen MR) is 98.2 cm³/mol. The van der Waals surface area contributed by atoms with Crippen LogP contribution in [0.2, 0.25) is 0 Å². The number of aliphatic hydroxyl groups excluding tert-OH is 1. The molecule has 0 spiro atoms. The molecule has 0 saturated carbocycles. The Kier molecular flexibility index (Phi) is 10.8. The highest BCUT2D eigenvalue weighted by Gasteiger charge is 2.28. The molecule has 138 valence electrons. The van der Waals surface area contributed by atoms with Gasteiger partial charge in [-0.1, -0.05) is 38.3 Å². The number of aliphatic hydroxyl groups is 1. The summed E-state index contributed by atoms with van der Waals surface area (Å²) in [6.07, 6.45) is 9.77. The molecule has 24 heavy (non-hydrogen) atoms. The van der Waals surface area contributed by atoms with E-state index >= 15 is 0 Å². The first-order valence-electron chi connectivity index (χ1n) is 9.00. The smallest absolute Gasteiger partial charge is 0.303 e. The van der Waals surface area contributed by atoms with Crippen LogP contribution in [0, 0.1) is 0 Å². The molecule has 1 saturated heterocycles. The molecule has 1 amide bonds. The molecule has 1 aliphatic rings. The van der Waals surface area contributed by atoms with Gasteiger partial charge in [-0.15, -0.1) is 0 Å². The Morgan fingerprint density at radius 3 is 2.88 bits per heavy atom. The van der Waals surface area contributed by atoms with Crippen molar-refractivity contribution < 1.29 is 19.8 Å². The normalized spacial score (nSPS) is 19.3. The third kappa shape index (κ3) is 8.73. The van der Waals surface area contributed by atoms with Gasteiger partial charge in [-0.2, -0.15) is 11.8 Å². The van der Waals surface area contributed by atoms with Crippen molar-refractivity contribution in [2.75, 3.05) is 18.1 Å². The van der Waals surface area contributed by atoms with Gasteiger partial charge in [0.15, 0.2) is 0 Å². The monoisotopic (exact) mass is 357 g/mol. The van der Waals surface area contributed by atoms with Crippen LogP contribution in [0.4, 0.5) is 0 Å². The van der Waals surface area contributed by atoms with Crippen LogP contribution in [-0.4, -0.2) is 57.2 Å². The van der Waals surface area contributed by atoms with Crippen LogP contribution in [0.3, 0.4) is 0 Å². The Morgan fingerprint density at radius 2 is 2.17 bits per heavy atom. The number of carbonyl (C=O) groups excluding carboxylic acids is 1. The van der Waals surface area contributed by atoms with Crippen molar-refractivity contribution in [3.63, 3.8) is 0 Å². The van der Waals surface area contributed by atoms with Crippen molar-refractivity contribution in [3.05, 3.63) is 12.2 Å². The summed E-state index contributed by atoms with van der Waals surface area (Å²) in [5.41, 5.74) is 0. The third-order valence-electron chi connectivity index (χ3n) is 4.19. The lowest BCUT2D eigenvalue weighted by atomic mass is 10.1.